The van der Waals surface area contributed by atoms with Crippen LogP contribution in [0.1, 0.15) is 30.2 Å². The maximum absolute atomic E-state index is 6.13. The summed E-state index contributed by atoms with van der Waals surface area (Å²) in [5.74, 6) is 0. The SMILES string of the molecule is CCOC(COCC(N)c1ccccc1)c1ccc(N)cc1. The zero-order valence-electron chi connectivity index (χ0n) is 12.9. The van der Waals surface area contributed by atoms with E-state index in [9.17, 15) is 0 Å². The van der Waals surface area contributed by atoms with E-state index in [0.29, 0.717) is 19.8 Å². The number of ether oxygens (including phenoxy) is 2. The monoisotopic (exact) mass is 300 g/mol. The number of anilines is 1. The van der Waals surface area contributed by atoms with Crippen molar-refractivity contribution in [2.24, 2.45) is 5.73 Å². The van der Waals surface area contributed by atoms with Crippen molar-refractivity contribution in [3.05, 3.63) is 65.7 Å². The van der Waals surface area contributed by atoms with Crippen LogP contribution in [0, 0.1) is 0 Å². The molecule has 0 amide bonds. The van der Waals surface area contributed by atoms with Gasteiger partial charge in [-0.25, -0.2) is 0 Å². The van der Waals surface area contributed by atoms with Crippen LogP contribution in [0.5, 0.6) is 0 Å². The zero-order valence-corrected chi connectivity index (χ0v) is 12.9. The molecule has 4 heteroatoms. The largest absolute Gasteiger partial charge is 0.399 e. The average molecular weight is 300 g/mol. The van der Waals surface area contributed by atoms with E-state index in [0.717, 1.165) is 16.8 Å². The number of hydrogen-bond donors (Lipinski definition) is 2. The molecule has 0 aliphatic heterocycles. The summed E-state index contributed by atoms with van der Waals surface area (Å²) in [5.41, 5.74) is 14.7. The molecule has 0 fully saturated rings. The highest BCUT2D eigenvalue weighted by Crippen LogP contribution is 2.20. The Labute approximate surface area is 132 Å². The first-order valence-corrected chi connectivity index (χ1v) is 7.56. The summed E-state index contributed by atoms with van der Waals surface area (Å²) >= 11 is 0. The molecule has 22 heavy (non-hydrogen) atoms. The summed E-state index contributed by atoms with van der Waals surface area (Å²) in [4.78, 5) is 0. The first kappa shape index (κ1) is 16.5. The molecule has 2 aromatic carbocycles. The lowest BCUT2D eigenvalue weighted by atomic mass is 10.1. The third kappa shape index (κ3) is 4.84. The van der Waals surface area contributed by atoms with Crippen molar-refractivity contribution < 1.29 is 9.47 Å². The van der Waals surface area contributed by atoms with E-state index < -0.39 is 0 Å². The van der Waals surface area contributed by atoms with E-state index in [2.05, 4.69) is 0 Å². The van der Waals surface area contributed by atoms with Crippen LogP contribution in [0.4, 0.5) is 5.69 Å². The van der Waals surface area contributed by atoms with Gasteiger partial charge < -0.3 is 20.9 Å². The minimum absolute atomic E-state index is 0.103. The molecule has 2 rings (SSSR count). The lowest BCUT2D eigenvalue weighted by Gasteiger charge is -2.19. The Morgan fingerprint density at radius 2 is 1.59 bits per heavy atom. The second-order valence-electron chi connectivity index (χ2n) is 5.17. The normalized spacial score (nSPS) is 13.7. The van der Waals surface area contributed by atoms with Crippen molar-refractivity contribution in [1.82, 2.24) is 0 Å². The summed E-state index contributed by atoms with van der Waals surface area (Å²) in [6.45, 7) is 3.53. The Bertz CT molecular complexity index is 543. The van der Waals surface area contributed by atoms with Gasteiger partial charge in [0.05, 0.1) is 19.3 Å². The summed E-state index contributed by atoms with van der Waals surface area (Å²) in [6, 6.07) is 17.5. The molecule has 0 spiro atoms. The second kappa shape index (κ2) is 8.54. The molecular formula is C18H24N2O2. The molecule has 0 heterocycles. The first-order valence-electron chi connectivity index (χ1n) is 7.56. The maximum atomic E-state index is 6.13. The van der Waals surface area contributed by atoms with Crippen LogP contribution in [0.2, 0.25) is 0 Å². The fraction of sp³-hybridized carbons (Fsp3) is 0.333. The van der Waals surface area contributed by atoms with Crippen molar-refractivity contribution in [1.29, 1.82) is 0 Å². The first-order chi connectivity index (χ1) is 10.7. The maximum Gasteiger partial charge on any atom is 0.106 e. The van der Waals surface area contributed by atoms with E-state index in [1.54, 1.807) is 0 Å². The summed E-state index contributed by atoms with van der Waals surface area (Å²) in [5, 5.41) is 0. The predicted molar refractivity (Wildman–Crippen MR) is 89.4 cm³/mol. The van der Waals surface area contributed by atoms with Crippen LogP contribution in [0.15, 0.2) is 54.6 Å². The van der Waals surface area contributed by atoms with Crippen molar-refractivity contribution >= 4 is 5.69 Å². The molecule has 0 saturated heterocycles. The number of rotatable bonds is 8. The molecule has 118 valence electrons. The van der Waals surface area contributed by atoms with Crippen molar-refractivity contribution in [2.45, 2.75) is 19.1 Å². The van der Waals surface area contributed by atoms with E-state index in [1.807, 2.05) is 61.5 Å². The lowest BCUT2D eigenvalue weighted by molar-refractivity contribution is -0.0163. The Kier molecular flexibility index (Phi) is 6.40. The average Bonchev–Trinajstić information content (AvgIpc) is 2.55. The standard InChI is InChI=1S/C18H24N2O2/c1-2-22-18(15-8-10-16(19)11-9-15)13-21-12-17(20)14-6-4-3-5-7-14/h3-11,17-18H,2,12-13,19-20H2,1H3. The zero-order chi connectivity index (χ0) is 15.8. The number of nitrogen functional groups attached to an aromatic ring is 1. The topological polar surface area (TPSA) is 70.5 Å². The molecule has 0 aromatic heterocycles. The Morgan fingerprint density at radius 3 is 2.23 bits per heavy atom. The van der Waals surface area contributed by atoms with Crippen LogP contribution in [0.25, 0.3) is 0 Å². The quantitative estimate of drug-likeness (QED) is 0.735. The van der Waals surface area contributed by atoms with E-state index in [-0.39, 0.29) is 12.1 Å². The Morgan fingerprint density at radius 1 is 0.909 bits per heavy atom. The van der Waals surface area contributed by atoms with Crippen LogP contribution in [0.3, 0.4) is 0 Å². The third-order valence-corrected chi connectivity index (χ3v) is 3.47. The lowest BCUT2D eigenvalue weighted by Crippen LogP contribution is -2.20. The number of nitrogens with two attached hydrogens (primary N) is 2. The van der Waals surface area contributed by atoms with Crippen LogP contribution in [-0.4, -0.2) is 19.8 Å². The molecule has 4 nitrogen and oxygen atoms in total. The highest BCUT2D eigenvalue weighted by Gasteiger charge is 2.13. The molecule has 2 unspecified atom stereocenters. The molecule has 0 aliphatic rings. The van der Waals surface area contributed by atoms with Crippen molar-refractivity contribution in [3.8, 4) is 0 Å². The third-order valence-electron chi connectivity index (χ3n) is 3.47. The summed E-state index contributed by atoms with van der Waals surface area (Å²) < 4.78 is 11.5. The van der Waals surface area contributed by atoms with Crippen LogP contribution < -0.4 is 11.5 Å². The van der Waals surface area contributed by atoms with Gasteiger partial charge in [0.15, 0.2) is 0 Å². The molecular weight excluding hydrogens is 276 g/mol. The fourth-order valence-electron chi connectivity index (χ4n) is 2.25. The highest BCUT2D eigenvalue weighted by molar-refractivity contribution is 5.39. The second-order valence-corrected chi connectivity index (χ2v) is 5.17. The molecule has 0 bridgehead atoms. The van der Waals surface area contributed by atoms with Gasteiger partial charge in [0.25, 0.3) is 0 Å². The van der Waals surface area contributed by atoms with Gasteiger partial charge in [-0.15, -0.1) is 0 Å². The van der Waals surface area contributed by atoms with Crippen molar-refractivity contribution in [2.75, 3.05) is 25.6 Å². The van der Waals surface area contributed by atoms with Gasteiger partial charge in [-0.3, -0.25) is 0 Å². The molecule has 4 N–H and O–H groups in total. The number of hydrogen-bond acceptors (Lipinski definition) is 4. The minimum Gasteiger partial charge on any atom is -0.399 e. The minimum atomic E-state index is -0.130. The highest BCUT2D eigenvalue weighted by atomic mass is 16.5. The van der Waals surface area contributed by atoms with Crippen LogP contribution in [-0.2, 0) is 9.47 Å². The fourth-order valence-corrected chi connectivity index (χ4v) is 2.25. The molecule has 0 aliphatic carbocycles. The van der Waals surface area contributed by atoms with Gasteiger partial charge in [0, 0.05) is 12.3 Å². The Hall–Kier alpha value is -1.88. The molecule has 0 saturated carbocycles. The molecule has 2 atom stereocenters. The van der Waals surface area contributed by atoms with Crippen LogP contribution >= 0.6 is 0 Å². The van der Waals surface area contributed by atoms with Gasteiger partial charge in [0.1, 0.15) is 6.10 Å². The van der Waals surface area contributed by atoms with Crippen molar-refractivity contribution in [3.63, 3.8) is 0 Å². The summed E-state index contributed by atoms with van der Waals surface area (Å²) in [7, 11) is 0. The van der Waals surface area contributed by atoms with Gasteiger partial charge >= 0.3 is 0 Å². The number of benzene rings is 2. The van der Waals surface area contributed by atoms with E-state index in [4.69, 9.17) is 20.9 Å². The Balaban J connectivity index is 1.88. The summed E-state index contributed by atoms with van der Waals surface area (Å²) in [6.07, 6.45) is -0.103. The van der Waals surface area contributed by atoms with Gasteiger partial charge in [0.2, 0.25) is 0 Å². The van der Waals surface area contributed by atoms with Gasteiger partial charge in [-0.2, -0.15) is 0 Å². The molecule has 2 aromatic rings. The smallest absolute Gasteiger partial charge is 0.106 e. The van der Waals surface area contributed by atoms with E-state index >= 15 is 0 Å². The van der Waals surface area contributed by atoms with Gasteiger partial charge in [-0.05, 0) is 30.2 Å². The van der Waals surface area contributed by atoms with E-state index in [1.165, 1.54) is 0 Å². The van der Waals surface area contributed by atoms with Gasteiger partial charge in [-0.1, -0.05) is 42.5 Å². The molecule has 0 radical (unpaired) electrons. The predicted octanol–water partition coefficient (Wildman–Crippen LogP) is 3.06.